The number of benzene rings is 1. The lowest BCUT2D eigenvalue weighted by Gasteiger charge is -2.20. The fraction of sp³-hybridized carbons (Fsp3) is 0.417. The van der Waals surface area contributed by atoms with Crippen molar-refractivity contribution in [3.63, 3.8) is 0 Å². The molecule has 0 heterocycles. The molecule has 0 radical (unpaired) electrons. The Labute approximate surface area is 108 Å². The summed E-state index contributed by atoms with van der Waals surface area (Å²) in [7, 11) is 3.18. The molecule has 1 rings (SSSR count). The van der Waals surface area contributed by atoms with Crippen LogP contribution in [0.1, 0.15) is 5.56 Å². The molecule has 0 aliphatic heterocycles. The average molecular weight is 277 g/mol. The van der Waals surface area contributed by atoms with Gasteiger partial charge in [-0.05, 0) is 38.2 Å². The van der Waals surface area contributed by atoms with E-state index in [2.05, 4.69) is 4.74 Å². The molecule has 1 aromatic rings. The normalized spacial score (nSPS) is 13.4. The minimum atomic E-state index is -4.76. The molecule has 0 aliphatic rings. The number of rotatable bonds is 5. The zero-order valence-corrected chi connectivity index (χ0v) is 10.4. The van der Waals surface area contributed by atoms with Crippen molar-refractivity contribution in [3.05, 3.63) is 29.8 Å². The van der Waals surface area contributed by atoms with Crippen molar-refractivity contribution in [1.82, 2.24) is 4.90 Å². The molecule has 7 heteroatoms. The second kappa shape index (κ2) is 5.92. The minimum absolute atomic E-state index is 0.0946. The maximum absolute atomic E-state index is 12.1. The summed E-state index contributed by atoms with van der Waals surface area (Å²) in [5.41, 5.74) is 0.461. The van der Waals surface area contributed by atoms with Gasteiger partial charge >= 0.3 is 12.3 Å². The van der Waals surface area contributed by atoms with Crippen LogP contribution in [0.3, 0.4) is 0 Å². The third kappa shape index (κ3) is 5.17. The minimum Gasteiger partial charge on any atom is -0.480 e. The van der Waals surface area contributed by atoms with Crippen LogP contribution in [0.2, 0.25) is 0 Å². The van der Waals surface area contributed by atoms with Gasteiger partial charge in [0.1, 0.15) is 11.8 Å². The first-order valence-corrected chi connectivity index (χ1v) is 5.43. The summed E-state index contributed by atoms with van der Waals surface area (Å²) in [6, 6.07) is 4.50. The molecule has 0 aliphatic carbocycles. The smallest absolute Gasteiger partial charge is 0.480 e. The van der Waals surface area contributed by atoms with Gasteiger partial charge in [-0.15, -0.1) is 13.2 Å². The van der Waals surface area contributed by atoms with Crippen LogP contribution in [-0.4, -0.2) is 42.5 Å². The highest BCUT2D eigenvalue weighted by Crippen LogP contribution is 2.24. The summed E-state index contributed by atoms with van der Waals surface area (Å²) in [4.78, 5) is 12.5. The van der Waals surface area contributed by atoms with Crippen molar-refractivity contribution >= 4 is 5.97 Å². The van der Waals surface area contributed by atoms with Crippen LogP contribution in [0.15, 0.2) is 24.3 Å². The van der Waals surface area contributed by atoms with Gasteiger partial charge in [-0.3, -0.25) is 9.69 Å². The van der Waals surface area contributed by atoms with E-state index in [0.717, 1.165) is 0 Å². The zero-order chi connectivity index (χ0) is 14.6. The molecule has 0 spiro atoms. The van der Waals surface area contributed by atoms with E-state index in [-0.39, 0.29) is 12.2 Å². The molecule has 19 heavy (non-hydrogen) atoms. The Morgan fingerprint density at radius 2 is 2.05 bits per heavy atom. The van der Waals surface area contributed by atoms with Crippen LogP contribution >= 0.6 is 0 Å². The van der Waals surface area contributed by atoms with Crippen LogP contribution in [0.5, 0.6) is 5.75 Å². The van der Waals surface area contributed by atoms with Crippen LogP contribution in [0, 0.1) is 0 Å². The molecular formula is C12H14F3NO3. The summed E-state index contributed by atoms with van der Waals surface area (Å²) < 4.78 is 40.0. The Morgan fingerprint density at radius 3 is 2.53 bits per heavy atom. The maximum atomic E-state index is 12.1. The van der Waals surface area contributed by atoms with Crippen LogP contribution in [0.25, 0.3) is 0 Å². The predicted molar refractivity (Wildman–Crippen MR) is 61.9 cm³/mol. The SMILES string of the molecule is CN(C)C(Cc1cccc(OC(F)(F)F)c1)C(=O)O. The molecule has 106 valence electrons. The monoisotopic (exact) mass is 277 g/mol. The van der Waals surface area contributed by atoms with E-state index in [0.29, 0.717) is 5.56 Å². The van der Waals surface area contributed by atoms with Gasteiger partial charge in [-0.2, -0.15) is 0 Å². The third-order valence-corrected chi connectivity index (χ3v) is 2.47. The first-order valence-electron chi connectivity index (χ1n) is 5.43. The molecule has 0 amide bonds. The Hall–Kier alpha value is -1.76. The van der Waals surface area contributed by atoms with Crippen molar-refractivity contribution in [2.45, 2.75) is 18.8 Å². The number of hydrogen-bond donors (Lipinski definition) is 1. The Morgan fingerprint density at radius 1 is 1.42 bits per heavy atom. The van der Waals surface area contributed by atoms with Gasteiger partial charge in [-0.1, -0.05) is 12.1 Å². The topological polar surface area (TPSA) is 49.8 Å². The van der Waals surface area contributed by atoms with E-state index < -0.39 is 18.4 Å². The van der Waals surface area contributed by atoms with Crippen molar-refractivity contribution in [2.75, 3.05) is 14.1 Å². The number of carbonyl (C=O) groups is 1. The summed E-state index contributed by atoms with van der Waals surface area (Å²) >= 11 is 0. The van der Waals surface area contributed by atoms with Crippen LogP contribution in [0.4, 0.5) is 13.2 Å². The number of aliphatic carboxylic acids is 1. The number of carboxylic acids is 1. The fourth-order valence-electron chi connectivity index (χ4n) is 1.58. The quantitative estimate of drug-likeness (QED) is 0.896. The lowest BCUT2D eigenvalue weighted by atomic mass is 10.1. The lowest BCUT2D eigenvalue weighted by molar-refractivity contribution is -0.274. The second-order valence-electron chi connectivity index (χ2n) is 4.22. The molecule has 0 fully saturated rings. The predicted octanol–water partition coefficient (Wildman–Crippen LogP) is 2.14. The number of nitrogens with zero attached hydrogens (tertiary/aromatic N) is 1. The molecular weight excluding hydrogens is 263 g/mol. The number of carboxylic acid groups (broad SMARTS) is 1. The molecule has 1 atom stereocenters. The van der Waals surface area contributed by atoms with Crippen LogP contribution in [-0.2, 0) is 11.2 Å². The number of ether oxygens (including phenoxy) is 1. The van der Waals surface area contributed by atoms with Crippen LogP contribution < -0.4 is 4.74 Å². The van der Waals surface area contributed by atoms with Gasteiger partial charge < -0.3 is 9.84 Å². The van der Waals surface area contributed by atoms with Crippen molar-refractivity contribution in [1.29, 1.82) is 0 Å². The first kappa shape index (κ1) is 15.3. The van der Waals surface area contributed by atoms with Gasteiger partial charge in [0, 0.05) is 0 Å². The fourth-order valence-corrected chi connectivity index (χ4v) is 1.58. The third-order valence-electron chi connectivity index (χ3n) is 2.47. The van der Waals surface area contributed by atoms with E-state index in [1.807, 2.05) is 0 Å². The highest BCUT2D eigenvalue weighted by Gasteiger charge is 2.31. The van der Waals surface area contributed by atoms with Gasteiger partial charge in [0.15, 0.2) is 0 Å². The van der Waals surface area contributed by atoms with Crippen molar-refractivity contribution in [2.24, 2.45) is 0 Å². The Balaban J connectivity index is 2.84. The maximum Gasteiger partial charge on any atom is 0.573 e. The second-order valence-corrected chi connectivity index (χ2v) is 4.22. The number of hydrogen-bond acceptors (Lipinski definition) is 3. The lowest BCUT2D eigenvalue weighted by Crippen LogP contribution is -2.37. The molecule has 1 N–H and O–H groups in total. The highest BCUT2D eigenvalue weighted by molar-refractivity contribution is 5.73. The van der Waals surface area contributed by atoms with Gasteiger partial charge in [0.2, 0.25) is 0 Å². The van der Waals surface area contributed by atoms with Gasteiger partial charge in [-0.25, -0.2) is 0 Å². The molecule has 0 saturated carbocycles. The molecule has 1 aromatic carbocycles. The van der Waals surface area contributed by atoms with E-state index >= 15 is 0 Å². The first-order chi connectivity index (χ1) is 8.69. The summed E-state index contributed by atoms with van der Waals surface area (Å²) in [6.07, 6.45) is -4.66. The molecule has 0 saturated heterocycles. The standard InChI is InChI=1S/C12H14F3NO3/c1-16(2)10(11(17)18)7-8-4-3-5-9(6-8)19-12(13,14)15/h3-6,10H,7H2,1-2H3,(H,17,18). The summed E-state index contributed by atoms with van der Waals surface area (Å²) in [5, 5.41) is 9.01. The van der Waals surface area contributed by atoms with E-state index in [1.54, 1.807) is 20.2 Å². The van der Waals surface area contributed by atoms with E-state index in [9.17, 15) is 18.0 Å². The molecule has 0 aromatic heterocycles. The Kier molecular flexibility index (Phi) is 4.77. The molecule has 0 bridgehead atoms. The van der Waals surface area contributed by atoms with Gasteiger partial charge in [0.25, 0.3) is 0 Å². The van der Waals surface area contributed by atoms with E-state index in [1.165, 1.54) is 23.1 Å². The number of alkyl halides is 3. The largest absolute Gasteiger partial charge is 0.573 e. The van der Waals surface area contributed by atoms with E-state index in [4.69, 9.17) is 5.11 Å². The molecule has 4 nitrogen and oxygen atoms in total. The number of likely N-dealkylation sites (N-methyl/N-ethyl adjacent to an activating group) is 1. The summed E-state index contributed by atoms with van der Waals surface area (Å²) in [6.45, 7) is 0. The van der Waals surface area contributed by atoms with Crippen molar-refractivity contribution in [3.8, 4) is 5.75 Å². The number of halogens is 3. The highest BCUT2D eigenvalue weighted by atomic mass is 19.4. The zero-order valence-electron chi connectivity index (χ0n) is 10.4. The Bertz CT molecular complexity index is 446. The van der Waals surface area contributed by atoms with Crippen molar-refractivity contribution < 1.29 is 27.8 Å². The van der Waals surface area contributed by atoms with Gasteiger partial charge in [0.05, 0.1) is 0 Å². The summed E-state index contributed by atoms with van der Waals surface area (Å²) in [5.74, 6) is -1.39. The molecule has 1 unspecified atom stereocenters. The average Bonchev–Trinajstić information content (AvgIpc) is 2.23.